The first-order valence-corrected chi connectivity index (χ1v) is 15.4. The average molecular weight is 797 g/mol. The van der Waals surface area contributed by atoms with Gasteiger partial charge in [0.25, 0.3) is 0 Å². The molecule has 0 saturated carbocycles. The summed E-state index contributed by atoms with van der Waals surface area (Å²) >= 11 is 0. The second-order valence-corrected chi connectivity index (χ2v) is 11.6. The molecule has 0 atom stereocenters. The molecule has 48 heavy (non-hydrogen) atoms. The number of ether oxygens (including phenoxy) is 1. The van der Waals surface area contributed by atoms with Gasteiger partial charge in [0.15, 0.2) is 0 Å². The van der Waals surface area contributed by atoms with Crippen molar-refractivity contribution in [2.24, 2.45) is 0 Å². The molecule has 10 aromatic rings. The van der Waals surface area contributed by atoms with Gasteiger partial charge in [0.2, 0.25) is 0 Å². The number of imidazole rings is 2. The Labute approximate surface area is 289 Å². The van der Waals surface area contributed by atoms with E-state index < -0.39 is 0 Å². The minimum Gasteiger partial charge on any atom is -0.497 e. The van der Waals surface area contributed by atoms with Crippen LogP contribution in [0.1, 0.15) is 0 Å². The van der Waals surface area contributed by atoms with Crippen molar-refractivity contribution in [2.75, 3.05) is 0 Å². The smallest absolute Gasteiger partial charge is 0.497 e. The number of benzene rings is 5. The summed E-state index contributed by atoms with van der Waals surface area (Å²) < 4.78 is 10.7. The van der Waals surface area contributed by atoms with Gasteiger partial charge < -0.3 is 13.5 Å². The van der Waals surface area contributed by atoms with Crippen LogP contribution in [0.5, 0.6) is 11.5 Å². The van der Waals surface area contributed by atoms with Crippen molar-refractivity contribution in [3.63, 3.8) is 0 Å². The van der Waals surface area contributed by atoms with Crippen LogP contribution in [0.3, 0.4) is 0 Å². The van der Waals surface area contributed by atoms with E-state index in [4.69, 9.17) is 14.7 Å². The second kappa shape index (κ2) is 11.1. The Morgan fingerprint density at radius 1 is 0.542 bits per heavy atom. The van der Waals surface area contributed by atoms with Gasteiger partial charge in [0.05, 0.1) is 22.7 Å². The van der Waals surface area contributed by atoms with Gasteiger partial charge in [-0.1, -0.05) is 131 Å². The van der Waals surface area contributed by atoms with Gasteiger partial charge in [0, 0.05) is 41.2 Å². The fraction of sp³-hybridized carbons (Fsp3) is 0. The molecule has 0 bridgehead atoms. The van der Waals surface area contributed by atoms with Crippen LogP contribution in [0.2, 0.25) is 0 Å². The maximum Gasteiger partial charge on any atom is 2.00 e. The minimum absolute atomic E-state index is 0. The van der Waals surface area contributed by atoms with Crippen molar-refractivity contribution in [1.82, 2.24) is 23.8 Å². The van der Waals surface area contributed by atoms with E-state index in [1.165, 1.54) is 0 Å². The van der Waals surface area contributed by atoms with Crippen LogP contribution >= 0.6 is 0 Å². The standard InChI is InChI=1S/C41H23N5O.Pt/c1-3-9-26(10-4-1)36-20-19-33-31-18-16-29(24-35(31)40-43-25-38(46(40)41(33)44-36)27-11-5-2-6-12-27)47-28-15-17-30-32-13-7-8-14-37(32)45-22-21-42-39(45)34(30)23-28;/h1-22,25H;/q-2;+2. The van der Waals surface area contributed by atoms with Crippen LogP contribution in [0, 0.1) is 12.1 Å². The second-order valence-electron chi connectivity index (χ2n) is 11.6. The van der Waals surface area contributed by atoms with Gasteiger partial charge in [-0.3, -0.25) is 9.97 Å². The molecule has 228 valence electrons. The molecule has 10 rings (SSSR count). The Bertz CT molecular complexity index is 2830. The summed E-state index contributed by atoms with van der Waals surface area (Å²) in [5.74, 6) is 1.17. The van der Waals surface area contributed by atoms with Crippen molar-refractivity contribution >= 4 is 54.8 Å². The zero-order chi connectivity index (χ0) is 30.9. The predicted molar refractivity (Wildman–Crippen MR) is 187 cm³/mol. The van der Waals surface area contributed by atoms with E-state index in [0.29, 0.717) is 11.5 Å². The number of nitrogens with zero attached hydrogens (tertiary/aromatic N) is 5. The van der Waals surface area contributed by atoms with E-state index in [1.54, 1.807) is 0 Å². The molecule has 0 amide bonds. The third kappa shape index (κ3) is 4.34. The van der Waals surface area contributed by atoms with E-state index >= 15 is 0 Å². The van der Waals surface area contributed by atoms with Crippen molar-refractivity contribution in [3.8, 4) is 34.0 Å². The SMILES string of the molecule is [Pt+2].[c-]1c(Oc2[c-]c3c(cc2)c2ccc(-c4ccccc4)nc2n2c(-c4ccccc4)cnc32)ccc2c1c1nccn1c1ccccc21. The van der Waals surface area contributed by atoms with Gasteiger partial charge in [-0.05, 0) is 28.5 Å². The molecule has 0 N–H and O–H groups in total. The molecule has 7 heteroatoms. The monoisotopic (exact) mass is 796 g/mol. The summed E-state index contributed by atoms with van der Waals surface area (Å²) in [6.07, 6.45) is 5.72. The molecule has 5 aromatic carbocycles. The van der Waals surface area contributed by atoms with Gasteiger partial charge in [-0.2, -0.15) is 0 Å². The Morgan fingerprint density at radius 3 is 1.96 bits per heavy atom. The topological polar surface area (TPSA) is 56.7 Å². The average Bonchev–Trinajstić information content (AvgIpc) is 3.82. The number of hydrogen-bond acceptors (Lipinski definition) is 4. The molecule has 5 heterocycles. The van der Waals surface area contributed by atoms with E-state index in [9.17, 15) is 0 Å². The summed E-state index contributed by atoms with van der Waals surface area (Å²) in [4.78, 5) is 14.8. The Balaban J connectivity index is 0.00000314. The first-order valence-electron chi connectivity index (χ1n) is 15.4. The van der Waals surface area contributed by atoms with E-state index in [-0.39, 0.29) is 21.1 Å². The minimum atomic E-state index is 0. The van der Waals surface area contributed by atoms with Gasteiger partial charge in [-0.25, -0.2) is 4.98 Å². The molecule has 5 aromatic heterocycles. The van der Waals surface area contributed by atoms with Crippen molar-refractivity contribution in [3.05, 3.63) is 152 Å². The molecule has 0 unspecified atom stereocenters. The Kier molecular flexibility index (Phi) is 6.59. The quantitative estimate of drug-likeness (QED) is 0.132. The molecule has 0 aliphatic carbocycles. The normalized spacial score (nSPS) is 11.6. The zero-order valence-corrected chi connectivity index (χ0v) is 27.5. The van der Waals surface area contributed by atoms with Crippen LogP contribution in [-0.2, 0) is 21.1 Å². The maximum absolute atomic E-state index is 6.46. The number of para-hydroxylation sites is 1. The summed E-state index contributed by atoms with van der Waals surface area (Å²) in [5.41, 5.74) is 7.54. The fourth-order valence-electron chi connectivity index (χ4n) is 6.74. The molecule has 0 fully saturated rings. The first-order chi connectivity index (χ1) is 23.3. The number of rotatable bonds is 4. The molecule has 0 aliphatic heterocycles. The van der Waals surface area contributed by atoms with Gasteiger partial charge >= 0.3 is 21.1 Å². The van der Waals surface area contributed by atoms with Gasteiger partial charge in [-0.15, -0.1) is 12.1 Å². The van der Waals surface area contributed by atoms with Crippen LogP contribution < -0.4 is 4.74 Å². The van der Waals surface area contributed by atoms with Crippen molar-refractivity contribution in [1.29, 1.82) is 0 Å². The Morgan fingerprint density at radius 2 is 1.19 bits per heavy atom. The number of pyridine rings is 3. The third-order valence-electron chi connectivity index (χ3n) is 8.88. The van der Waals surface area contributed by atoms with Crippen LogP contribution in [0.4, 0.5) is 0 Å². The summed E-state index contributed by atoms with van der Waals surface area (Å²) in [6.45, 7) is 0. The van der Waals surface area contributed by atoms with Gasteiger partial charge in [0.1, 0.15) is 5.65 Å². The fourth-order valence-corrected chi connectivity index (χ4v) is 6.74. The van der Waals surface area contributed by atoms with Crippen LogP contribution in [-0.4, -0.2) is 23.8 Å². The molecule has 0 spiro atoms. The van der Waals surface area contributed by atoms with Crippen LogP contribution in [0.15, 0.2) is 140 Å². The number of aromatic nitrogens is 5. The molecule has 0 saturated heterocycles. The van der Waals surface area contributed by atoms with Crippen LogP contribution in [0.25, 0.3) is 77.3 Å². The maximum atomic E-state index is 6.46. The number of fused-ring (bicyclic) bond motifs is 12. The Hall–Kier alpha value is -5.84. The molecular weight excluding hydrogens is 774 g/mol. The third-order valence-corrected chi connectivity index (χ3v) is 8.88. The van der Waals surface area contributed by atoms with E-state index in [1.807, 2.05) is 73.2 Å². The summed E-state index contributed by atoms with van der Waals surface area (Å²) in [5, 5.41) is 5.99. The van der Waals surface area contributed by atoms with E-state index in [0.717, 1.165) is 77.3 Å². The summed E-state index contributed by atoms with van der Waals surface area (Å²) in [7, 11) is 0. The molecular formula is C41H23N5OPt. The van der Waals surface area contributed by atoms with Crippen molar-refractivity contribution < 1.29 is 25.8 Å². The number of hydrogen-bond donors (Lipinski definition) is 0. The van der Waals surface area contributed by atoms with Crippen molar-refractivity contribution in [2.45, 2.75) is 0 Å². The predicted octanol–water partition coefficient (Wildman–Crippen LogP) is 9.71. The molecule has 0 aliphatic rings. The zero-order valence-electron chi connectivity index (χ0n) is 25.2. The molecule has 6 nitrogen and oxygen atoms in total. The molecule has 0 radical (unpaired) electrons. The summed E-state index contributed by atoms with van der Waals surface area (Å²) in [6, 6.07) is 48.2. The van der Waals surface area contributed by atoms with E-state index in [2.05, 4.69) is 92.6 Å². The first kappa shape index (κ1) is 28.4. The largest absolute Gasteiger partial charge is 2.00 e.